The van der Waals surface area contributed by atoms with E-state index in [2.05, 4.69) is 17.2 Å². The lowest BCUT2D eigenvalue weighted by atomic mass is 10.0. The Morgan fingerprint density at radius 2 is 2.24 bits per heavy atom. The molecule has 1 heterocycles. The number of hydrogen-bond acceptors (Lipinski definition) is 2. The van der Waals surface area contributed by atoms with E-state index in [9.17, 15) is 9.59 Å². The molecule has 2 rings (SSSR count). The van der Waals surface area contributed by atoms with E-state index in [1.54, 1.807) is 12.1 Å². The number of rotatable bonds is 5. The van der Waals surface area contributed by atoms with Crippen molar-refractivity contribution in [2.75, 3.05) is 6.54 Å². The molecule has 1 saturated carbocycles. The lowest BCUT2D eigenvalue weighted by Gasteiger charge is -2.14. The molecule has 0 spiro atoms. The molecule has 4 nitrogen and oxygen atoms in total. The van der Waals surface area contributed by atoms with E-state index in [1.165, 1.54) is 25.3 Å². The summed E-state index contributed by atoms with van der Waals surface area (Å²) >= 11 is 0. The van der Waals surface area contributed by atoms with Crippen LogP contribution < -0.4 is 10.9 Å². The van der Waals surface area contributed by atoms with E-state index >= 15 is 0 Å². The van der Waals surface area contributed by atoms with E-state index in [4.69, 9.17) is 0 Å². The van der Waals surface area contributed by atoms with Crippen LogP contribution in [-0.4, -0.2) is 17.4 Å². The van der Waals surface area contributed by atoms with Crippen LogP contribution in [0.4, 0.5) is 0 Å². The van der Waals surface area contributed by atoms with Gasteiger partial charge in [-0.05, 0) is 30.7 Å². The highest BCUT2D eigenvalue weighted by atomic mass is 16.2. The summed E-state index contributed by atoms with van der Waals surface area (Å²) in [5.74, 6) is -0.190. The number of amides is 1. The maximum absolute atomic E-state index is 11.8. The fourth-order valence-electron chi connectivity index (χ4n) is 2.17. The molecule has 1 aliphatic carbocycles. The van der Waals surface area contributed by atoms with E-state index in [1.807, 2.05) is 0 Å². The second-order valence-corrected chi connectivity index (χ2v) is 4.86. The van der Waals surface area contributed by atoms with Crippen molar-refractivity contribution >= 4 is 5.91 Å². The number of carbonyl (C=O) groups is 1. The van der Waals surface area contributed by atoms with Crippen molar-refractivity contribution in [2.45, 2.75) is 32.6 Å². The summed E-state index contributed by atoms with van der Waals surface area (Å²) in [6, 6.07) is 4.61. The van der Waals surface area contributed by atoms with Gasteiger partial charge < -0.3 is 10.3 Å². The van der Waals surface area contributed by atoms with Gasteiger partial charge >= 0.3 is 0 Å². The van der Waals surface area contributed by atoms with Gasteiger partial charge in [0.15, 0.2) is 0 Å². The first-order valence-corrected chi connectivity index (χ1v) is 6.13. The number of pyridine rings is 1. The number of aromatic amines is 1. The Labute approximate surface area is 100 Å². The van der Waals surface area contributed by atoms with Crippen LogP contribution >= 0.6 is 0 Å². The van der Waals surface area contributed by atoms with Crippen molar-refractivity contribution in [3.05, 3.63) is 34.2 Å². The summed E-state index contributed by atoms with van der Waals surface area (Å²) in [4.78, 5) is 25.4. The lowest BCUT2D eigenvalue weighted by Crippen LogP contribution is -2.31. The molecule has 1 fully saturated rings. The molecule has 92 valence electrons. The largest absolute Gasteiger partial charge is 0.350 e. The van der Waals surface area contributed by atoms with Gasteiger partial charge in [0.05, 0.1) is 0 Å². The first kappa shape index (κ1) is 11.9. The van der Waals surface area contributed by atoms with Crippen LogP contribution in [0.5, 0.6) is 0 Å². The minimum Gasteiger partial charge on any atom is -0.350 e. The van der Waals surface area contributed by atoms with Crippen molar-refractivity contribution in [3.63, 3.8) is 0 Å². The van der Waals surface area contributed by atoms with Crippen molar-refractivity contribution in [2.24, 2.45) is 5.41 Å². The minimum atomic E-state index is -0.243. The summed E-state index contributed by atoms with van der Waals surface area (Å²) in [7, 11) is 0. The molecular weight excluding hydrogens is 216 g/mol. The summed E-state index contributed by atoms with van der Waals surface area (Å²) < 4.78 is 0. The Kier molecular flexibility index (Phi) is 3.31. The highest BCUT2D eigenvalue weighted by Crippen LogP contribution is 2.48. The van der Waals surface area contributed by atoms with Gasteiger partial charge in [0.2, 0.25) is 5.56 Å². The monoisotopic (exact) mass is 234 g/mol. The summed E-state index contributed by atoms with van der Waals surface area (Å²) in [5.41, 5.74) is 0.427. The fourth-order valence-corrected chi connectivity index (χ4v) is 2.17. The van der Waals surface area contributed by atoms with Gasteiger partial charge in [0, 0.05) is 12.6 Å². The number of carbonyl (C=O) groups excluding carboxylic acids is 1. The standard InChI is InChI=1S/C13H18N2O2/c1-2-6-13(7-8-13)9-14-12(17)10-4-3-5-11(16)15-10/h3-5H,2,6-9H2,1H3,(H,14,17)(H,15,16). The van der Waals surface area contributed by atoms with Crippen molar-refractivity contribution in [3.8, 4) is 0 Å². The first-order chi connectivity index (χ1) is 8.15. The number of H-pyrrole nitrogens is 1. The van der Waals surface area contributed by atoms with Gasteiger partial charge in [-0.15, -0.1) is 0 Å². The number of nitrogens with one attached hydrogen (secondary N) is 2. The predicted octanol–water partition coefficient (Wildman–Crippen LogP) is 1.68. The van der Waals surface area contributed by atoms with Gasteiger partial charge in [-0.3, -0.25) is 9.59 Å². The van der Waals surface area contributed by atoms with Crippen LogP contribution in [0.25, 0.3) is 0 Å². The van der Waals surface area contributed by atoms with E-state index < -0.39 is 0 Å². The summed E-state index contributed by atoms with van der Waals surface area (Å²) in [6.45, 7) is 2.88. The van der Waals surface area contributed by atoms with Crippen molar-refractivity contribution < 1.29 is 4.79 Å². The number of aromatic nitrogens is 1. The Morgan fingerprint density at radius 3 is 2.82 bits per heavy atom. The van der Waals surface area contributed by atoms with E-state index in [0.29, 0.717) is 11.1 Å². The highest BCUT2D eigenvalue weighted by molar-refractivity contribution is 5.92. The molecule has 0 aromatic carbocycles. The molecule has 0 radical (unpaired) electrons. The van der Waals surface area contributed by atoms with Gasteiger partial charge in [0.1, 0.15) is 5.69 Å². The molecule has 1 amide bonds. The summed E-state index contributed by atoms with van der Waals surface area (Å²) in [5, 5.41) is 2.90. The van der Waals surface area contributed by atoms with Gasteiger partial charge in [-0.2, -0.15) is 0 Å². The number of hydrogen-bond donors (Lipinski definition) is 2. The second-order valence-electron chi connectivity index (χ2n) is 4.86. The molecule has 4 heteroatoms. The molecule has 1 aliphatic rings. The highest BCUT2D eigenvalue weighted by Gasteiger charge is 2.41. The fraction of sp³-hybridized carbons (Fsp3) is 0.538. The first-order valence-electron chi connectivity index (χ1n) is 6.13. The van der Waals surface area contributed by atoms with E-state index in [0.717, 1.165) is 13.0 Å². The quantitative estimate of drug-likeness (QED) is 0.814. The molecular formula is C13H18N2O2. The smallest absolute Gasteiger partial charge is 0.267 e. The normalized spacial score (nSPS) is 16.5. The third kappa shape index (κ3) is 2.96. The van der Waals surface area contributed by atoms with Crippen LogP contribution in [0.15, 0.2) is 23.0 Å². The maximum Gasteiger partial charge on any atom is 0.267 e. The molecule has 17 heavy (non-hydrogen) atoms. The van der Waals surface area contributed by atoms with Crippen molar-refractivity contribution in [1.29, 1.82) is 0 Å². The third-order valence-corrected chi connectivity index (χ3v) is 3.37. The molecule has 0 unspecified atom stereocenters. The zero-order chi connectivity index (χ0) is 12.3. The van der Waals surface area contributed by atoms with Gasteiger partial charge in [0.25, 0.3) is 5.91 Å². The Bertz CT molecular complexity index is 460. The van der Waals surface area contributed by atoms with Gasteiger partial charge in [-0.1, -0.05) is 19.4 Å². The van der Waals surface area contributed by atoms with Crippen LogP contribution in [0, 0.1) is 5.41 Å². The zero-order valence-electron chi connectivity index (χ0n) is 10.1. The van der Waals surface area contributed by atoms with Gasteiger partial charge in [-0.25, -0.2) is 0 Å². The van der Waals surface area contributed by atoms with Crippen LogP contribution in [0.3, 0.4) is 0 Å². The predicted molar refractivity (Wildman–Crippen MR) is 66.0 cm³/mol. The molecule has 1 aromatic rings. The molecule has 0 aliphatic heterocycles. The minimum absolute atomic E-state index is 0.190. The Morgan fingerprint density at radius 1 is 1.47 bits per heavy atom. The maximum atomic E-state index is 11.8. The average Bonchev–Trinajstić information content (AvgIpc) is 3.07. The van der Waals surface area contributed by atoms with Crippen molar-refractivity contribution in [1.82, 2.24) is 10.3 Å². The van der Waals surface area contributed by atoms with Crippen LogP contribution in [0.2, 0.25) is 0 Å². The molecule has 1 aromatic heterocycles. The second kappa shape index (κ2) is 4.73. The average molecular weight is 234 g/mol. The molecule has 2 N–H and O–H groups in total. The topological polar surface area (TPSA) is 62.0 Å². The zero-order valence-corrected chi connectivity index (χ0v) is 10.1. The van der Waals surface area contributed by atoms with Crippen LogP contribution in [0.1, 0.15) is 43.1 Å². The van der Waals surface area contributed by atoms with E-state index in [-0.39, 0.29) is 11.5 Å². The third-order valence-electron chi connectivity index (χ3n) is 3.37. The molecule has 0 saturated heterocycles. The SMILES string of the molecule is CCCC1(CNC(=O)c2cccc(=O)[nH]2)CC1. The molecule has 0 bridgehead atoms. The molecule has 0 atom stereocenters. The summed E-state index contributed by atoms with van der Waals surface area (Å²) in [6.07, 6.45) is 4.72. The van der Waals surface area contributed by atoms with Crippen LogP contribution in [-0.2, 0) is 0 Å². The Hall–Kier alpha value is -1.58. The Balaban J connectivity index is 1.92. The lowest BCUT2D eigenvalue weighted by molar-refractivity contribution is 0.0938.